The van der Waals surface area contributed by atoms with E-state index in [1.165, 1.54) is 6.07 Å². The Bertz CT molecular complexity index is 555. The average molecular weight is 244 g/mol. The highest BCUT2D eigenvalue weighted by Gasteiger charge is 2.02. The van der Waals surface area contributed by atoms with Gasteiger partial charge in [0.05, 0.1) is 6.21 Å². The molecular formula is C14H13FN2O. The Labute approximate surface area is 105 Å². The van der Waals surface area contributed by atoms with E-state index in [1.54, 1.807) is 24.4 Å². The lowest BCUT2D eigenvalue weighted by Crippen LogP contribution is -1.98. The van der Waals surface area contributed by atoms with Crippen molar-refractivity contribution in [1.29, 1.82) is 0 Å². The Morgan fingerprint density at radius 3 is 2.78 bits per heavy atom. The largest absolute Gasteiger partial charge is 0.486 e. The van der Waals surface area contributed by atoms with Gasteiger partial charge in [-0.1, -0.05) is 30.3 Å². The van der Waals surface area contributed by atoms with Crippen LogP contribution in [-0.2, 0) is 6.61 Å². The van der Waals surface area contributed by atoms with Crippen molar-refractivity contribution in [3.8, 4) is 5.75 Å². The molecule has 0 aliphatic heterocycles. The molecule has 4 heteroatoms. The van der Waals surface area contributed by atoms with Gasteiger partial charge in [0.15, 0.2) is 11.6 Å². The molecule has 0 unspecified atom stereocenters. The van der Waals surface area contributed by atoms with Crippen molar-refractivity contribution < 1.29 is 9.13 Å². The fourth-order valence-corrected chi connectivity index (χ4v) is 1.57. The zero-order valence-corrected chi connectivity index (χ0v) is 9.71. The zero-order chi connectivity index (χ0) is 12.8. The number of hydrogen-bond acceptors (Lipinski definition) is 3. The smallest absolute Gasteiger partial charge is 0.165 e. The maximum atomic E-state index is 13.3. The van der Waals surface area contributed by atoms with Gasteiger partial charge in [-0.05, 0) is 29.3 Å². The van der Waals surface area contributed by atoms with Crippen molar-refractivity contribution in [1.82, 2.24) is 0 Å². The maximum absolute atomic E-state index is 13.3. The van der Waals surface area contributed by atoms with E-state index in [2.05, 4.69) is 5.10 Å². The van der Waals surface area contributed by atoms with Gasteiger partial charge in [-0.25, -0.2) is 4.39 Å². The normalized spacial score (nSPS) is 10.7. The first-order chi connectivity index (χ1) is 8.79. The summed E-state index contributed by atoms with van der Waals surface area (Å²) in [5, 5.41) is 3.45. The van der Waals surface area contributed by atoms with Crippen LogP contribution in [0.1, 0.15) is 11.1 Å². The first-order valence-electron chi connectivity index (χ1n) is 5.49. The molecule has 0 atom stereocenters. The predicted octanol–water partition coefficient (Wildman–Crippen LogP) is 2.70. The number of hydrogen-bond donors (Lipinski definition) is 1. The third-order valence-corrected chi connectivity index (χ3v) is 2.41. The molecule has 2 N–H and O–H groups in total. The summed E-state index contributed by atoms with van der Waals surface area (Å²) in [6.07, 6.45) is 1.55. The van der Waals surface area contributed by atoms with Crippen LogP contribution >= 0.6 is 0 Å². The standard InChI is InChI=1S/C14H13FN2O/c15-13-6-1-2-7-14(13)18-10-12-5-3-4-11(8-12)9-17-16/h1-9H,10,16H2. The van der Waals surface area contributed by atoms with E-state index in [-0.39, 0.29) is 11.6 Å². The minimum Gasteiger partial charge on any atom is -0.486 e. The van der Waals surface area contributed by atoms with Crippen LogP contribution < -0.4 is 10.6 Å². The Hall–Kier alpha value is -2.36. The van der Waals surface area contributed by atoms with E-state index in [0.717, 1.165) is 11.1 Å². The molecule has 0 aliphatic carbocycles. The van der Waals surface area contributed by atoms with Crippen LogP contribution in [0.3, 0.4) is 0 Å². The number of nitrogens with zero attached hydrogens (tertiary/aromatic N) is 1. The van der Waals surface area contributed by atoms with Crippen molar-refractivity contribution >= 4 is 6.21 Å². The number of halogens is 1. The summed E-state index contributed by atoms with van der Waals surface area (Å²) in [7, 11) is 0. The van der Waals surface area contributed by atoms with Gasteiger partial charge in [0.2, 0.25) is 0 Å². The molecule has 0 heterocycles. The van der Waals surface area contributed by atoms with Gasteiger partial charge in [-0.2, -0.15) is 5.10 Å². The van der Waals surface area contributed by atoms with Crippen LogP contribution in [0.5, 0.6) is 5.75 Å². The summed E-state index contributed by atoms with van der Waals surface area (Å²) in [5.74, 6) is 4.97. The summed E-state index contributed by atoms with van der Waals surface area (Å²) in [6.45, 7) is 0.299. The first kappa shape index (κ1) is 12.1. The third-order valence-electron chi connectivity index (χ3n) is 2.41. The van der Waals surface area contributed by atoms with Gasteiger partial charge >= 0.3 is 0 Å². The zero-order valence-electron chi connectivity index (χ0n) is 9.71. The van der Waals surface area contributed by atoms with Gasteiger partial charge in [-0.15, -0.1) is 0 Å². The van der Waals surface area contributed by atoms with Gasteiger partial charge in [0.1, 0.15) is 6.61 Å². The van der Waals surface area contributed by atoms with E-state index >= 15 is 0 Å². The Morgan fingerprint density at radius 2 is 2.00 bits per heavy atom. The lowest BCUT2D eigenvalue weighted by atomic mass is 10.1. The molecule has 0 saturated carbocycles. The molecule has 92 valence electrons. The Morgan fingerprint density at radius 1 is 1.17 bits per heavy atom. The molecule has 0 spiro atoms. The van der Waals surface area contributed by atoms with E-state index in [0.29, 0.717) is 6.61 Å². The van der Waals surface area contributed by atoms with E-state index in [9.17, 15) is 4.39 Å². The minimum atomic E-state index is -0.364. The summed E-state index contributed by atoms with van der Waals surface area (Å²) in [4.78, 5) is 0. The molecule has 18 heavy (non-hydrogen) atoms. The van der Waals surface area contributed by atoms with Crippen molar-refractivity contribution in [2.75, 3.05) is 0 Å². The maximum Gasteiger partial charge on any atom is 0.165 e. The number of para-hydroxylation sites is 1. The van der Waals surface area contributed by atoms with Gasteiger partial charge in [0, 0.05) is 0 Å². The Kier molecular flexibility index (Phi) is 3.91. The van der Waals surface area contributed by atoms with Crippen LogP contribution in [0.25, 0.3) is 0 Å². The highest BCUT2D eigenvalue weighted by molar-refractivity contribution is 5.79. The molecule has 0 radical (unpaired) electrons. The van der Waals surface area contributed by atoms with Crippen molar-refractivity contribution in [2.24, 2.45) is 10.9 Å². The molecular weight excluding hydrogens is 231 g/mol. The monoisotopic (exact) mass is 244 g/mol. The molecule has 0 aromatic heterocycles. The van der Waals surface area contributed by atoms with Gasteiger partial charge < -0.3 is 10.6 Å². The molecule has 0 saturated heterocycles. The van der Waals surface area contributed by atoms with Crippen LogP contribution in [0.2, 0.25) is 0 Å². The van der Waals surface area contributed by atoms with Crippen LogP contribution in [-0.4, -0.2) is 6.21 Å². The molecule has 0 amide bonds. The SMILES string of the molecule is NN=Cc1cccc(COc2ccccc2F)c1. The average Bonchev–Trinajstić information content (AvgIpc) is 2.39. The minimum absolute atomic E-state index is 0.246. The van der Waals surface area contributed by atoms with Gasteiger partial charge in [0.25, 0.3) is 0 Å². The topological polar surface area (TPSA) is 47.6 Å². The quantitative estimate of drug-likeness (QED) is 0.510. The second-order valence-corrected chi connectivity index (χ2v) is 3.74. The summed E-state index contributed by atoms with van der Waals surface area (Å²) >= 11 is 0. The second kappa shape index (κ2) is 5.82. The summed E-state index contributed by atoms with van der Waals surface area (Å²) in [6, 6.07) is 13.9. The lowest BCUT2D eigenvalue weighted by molar-refractivity contribution is 0.290. The number of ether oxygens (including phenoxy) is 1. The summed E-state index contributed by atoms with van der Waals surface area (Å²) in [5.41, 5.74) is 1.81. The molecule has 2 aromatic carbocycles. The predicted molar refractivity (Wildman–Crippen MR) is 69.0 cm³/mol. The number of rotatable bonds is 4. The van der Waals surface area contributed by atoms with Crippen LogP contribution in [0, 0.1) is 5.82 Å². The lowest BCUT2D eigenvalue weighted by Gasteiger charge is -2.07. The third kappa shape index (κ3) is 3.07. The van der Waals surface area contributed by atoms with Gasteiger partial charge in [-0.3, -0.25) is 0 Å². The van der Waals surface area contributed by atoms with Crippen molar-refractivity contribution in [3.05, 3.63) is 65.5 Å². The molecule has 0 aliphatic rings. The molecule has 0 bridgehead atoms. The number of hydrazone groups is 1. The first-order valence-corrected chi connectivity index (χ1v) is 5.49. The fraction of sp³-hybridized carbons (Fsp3) is 0.0714. The van der Waals surface area contributed by atoms with Crippen molar-refractivity contribution in [3.63, 3.8) is 0 Å². The molecule has 3 nitrogen and oxygen atoms in total. The highest BCUT2D eigenvalue weighted by Crippen LogP contribution is 2.17. The van der Waals surface area contributed by atoms with E-state index in [1.807, 2.05) is 24.3 Å². The highest BCUT2D eigenvalue weighted by atomic mass is 19.1. The second-order valence-electron chi connectivity index (χ2n) is 3.74. The molecule has 2 rings (SSSR count). The Balaban J connectivity index is 2.06. The molecule has 0 fully saturated rings. The molecule has 2 aromatic rings. The van der Waals surface area contributed by atoms with Crippen LogP contribution in [0.4, 0.5) is 4.39 Å². The number of nitrogens with two attached hydrogens (primary N) is 1. The van der Waals surface area contributed by atoms with E-state index in [4.69, 9.17) is 10.6 Å². The fourth-order valence-electron chi connectivity index (χ4n) is 1.57. The van der Waals surface area contributed by atoms with Crippen LogP contribution in [0.15, 0.2) is 53.6 Å². The van der Waals surface area contributed by atoms with Crippen molar-refractivity contribution in [2.45, 2.75) is 6.61 Å². The van der Waals surface area contributed by atoms with E-state index < -0.39 is 0 Å². The number of benzene rings is 2. The summed E-state index contributed by atoms with van der Waals surface area (Å²) < 4.78 is 18.7.